The number of carbonyl (C=O) groups excluding carboxylic acids is 3. The average Bonchev–Trinajstić information content (AvgIpc) is 3.22. The quantitative estimate of drug-likeness (QED) is 0.0264. The first-order valence-electron chi connectivity index (χ1n) is 25.0. The van der Waals surface area contributed by atoms with Crippen LogP contribution in [0.4, 0.5) is 0 Å². The van der Waals surface area contributed by atoms with Crippen LogP contribution in [0.2, 0.25) is 0 Å². The van der Waals surface area contributed by atoms with E-state index in [1.807, 2.05) is 0 Å². The number of allylic oxidation sites excluding steroid dienone is 6. The van der Waals surface area contributed by atoms with E-state index in [9.17, 15) is 14.4 Å². The smallest absolute Gasteiger partial charge is 0.306 e. The zero-order valence-corrected chi connectivity index (χ0v) is 38.6. The van der Waals surface area contributed by atoms with Gasteiger partial charge in [-0.2, -0.15) is 0 Å². The van der Waals surface area contributed by atoms with E-state index < -0.39 is 6.10 Å². The number of ether oxygens (including phenoxy) is 3. The molecule has 0 aromatic rings. The van der Waals surface area contributed by atoms with Crippen LogP contribution in [0.25, 0.3) is 0 Å². The molecule has 0 aliphatic rings. The first kappa shape index (κ1) is 55.6. The summed E-state index contributed by atoms with van der Waals surface area (Å²) in [5.74, 6) is -0.879. The van der Waals surface area contributed by atoms with Crippen molar-refractivity contribution in [3.63, 3.8) is 0 Å². The molecule has 0 aromatic carbocycles. The van der Waals surface area contributed by atoms with Gasteiger partial charge in [0.1, 0.15) is 13.2 Å². The fraction of sp³-hybridized carbons (Fsp3) is 0.827. The summed E-state index contributed by atoms with van der Waals surface area (Å²) in [5, 5.41) is 0. The van der Waals surface area contributed by atoms with Gasteiger partial charge >= 0.3 is 17.9 Å². The van der Waals surface area contributed by atoms with Gasteiger partial charge in [0.2, 0.25) is 0 Å². The Bertz CT molecular complexity index is 984. The fourth-order valence-corrected chi connectivity index (χ4v) is 7.21. The third-order valence-electron chi connectivity index (χ3n) is 11.0. The molecule has 0 saturated heterocycles. The number of hydrogen-bond acceptors (Lipinski definition) is 6. The van der Waals surface area contributed by atoms with Crippen LogP contribution in [0.15, 0.2) is 36.5 Å². The lowest BCUT2D eigenvalue weighted by atomic mass is 10.0. The highest BCUT2D eigenvalue weighted by Gasteiger charge is 2.19. The predicted octanol–water partition coefficient (Wildman–Crippen LogP) is 16.1. The van der Waals surface area contributed by atoms with E-state index in [-0.39, 0.29) is 31.1 Å². The Morgan fingerprint density at radius 3 is 1.03 bits per heavy atom. The molecule has 0 aliphatic heterocycles. The Morgan fingerprint density at radius 1 is 0.362 bits per heavy atom. The molecule has 58 heavy (non-hydrogen) atoms. The molecule has 0 N–H and O–H groups in total. The van der Waals surface area contributed by atoms with Crippen LogP contribution in [0.1, 0.15) is 258 Å². The van der Waals surface area contributed by atoms with E-state index in [1.165, 1.54) is 148 Å². The molecule has 0 aliphatic carbocycles. The summed E-state index contributed by atoms with van der Waals surface area (Å²) in [7, 11) is 0. The standard InChI is InChI=1S/C52H94O6/c1-4-7-10-13-16-19-21-23-25-27-28-30-33-36-39-42-45-51(54)57-48-49(47-56-50(53)44-41-38-35-32-18-15-12-9-6-3)58-52(55)46-43-40-37-34-31-29-26-24-22-20-17-14-11-8-5-2/h8,11,14,17,20,22,49H,4-7,9-10,12-13,15-16,18-19,21,23-48H2,1-3H3/b11-8-,17-14-,22-20-. The summed E-state index contributed by atoms with van der Waals surface area (Å²) in [6.45, 7) is 6.50. The van der Waals surface area contributed by atoms with E-state index in [1.54, 1.807) is 0 Å². The maximum Gasteiger partial charge on any atom is 0.306 e. The first-order valence-corrected chi connectivity index (χ1v) is 25.0. The van der Waals surface area contributed by atoms with Crippen molar-refractivity contribution in [2.45, 2.75) is 264 Å². The van der Waals surface area contributed by atoms with Crippen molar-refractivity contribution in [1.29, 1.82) is 0 Å². The molecular formula is C52H94O6. The second-order valence-corrected chi connectivity index (χ2v) is 16.8. The number of rotatable bonds is 45. The number of esters is 3. The molecule has 1 unspecified atom stereocenters. The Balaban J connectivity index is 4.31. The van der Waals surface area contributed by atoms with Gasteiger partial charge < -0.3 is 14.2 Å². The van der Waals surface area contributed by atoms with Gasteiger partial charge in [-0.3, -0.25) is 14.4 Å². The monoisotopic (exact) mass is 815 g/mol. The van der Waals surface area contributed by atoms with E-state index in [2.05, 4.69) is 57.2 Å². The SMILES string of the molecule is CC\C=C/C=C\C=C/CCCCCCCCCC(=O)OC(COC(=O)CCCCCCCCCCC)COC(=O)CCCCCCCCCCCCCCCCCC. The van der Waals surface area contributed by atoms with Crippen LogP contribution in [0, 0.1) is 0 Å². The predicted molar refractivity (Wildman–Crippen MR) is 247 cm³/mol. The molecule has 338 valence electrons. The van der Waals surface area contributed by atoms with Crippen LogP contribution in [0.3, 0.4) is 0 Å². The second kappa shape index (κ2) is 47.3. The summed E-state index contributed by atoms with van der Waals surface area (Å²) in [4.78, 5) is 37.8. The van der Waals surface area contributed by atoms with Gasteiger partial charge in [0.25, 0.3) is 0 Å². The maximum absolute atomic E-state index is 12.8. The highest BCUT2D eigenvalue weighted by Crippen LogP contribution is 2.16. The molecule has 0 fully saturated rings. The molecule has 0 saturated carbocycles. The highest BCUT2D eigenvalue weighted by molar-refractivity contribution is 5.71. The van der Waals surface area contributed by atoms with Gasteiger partial charge in [0.05, 0.1) is 0 Å². The minimum atomic E-state index is -0.772. The molecule has 6 heteroatoms. The fourth-order valence-electron chi connectivity index (χ4n) is 7.21. The Labute approximate surface area is 359 Å². The number of carbonyl (C=O) groups is 3. The highest BCUT2D eigenvalue weighted by atomic mass is 16.6. The molecule has 0 aromatic heterocycles. The topological polar surface area (TPSA) is 78.9 Å². The van der Waals surface area contributed by atoms with Crippen LogP contribution in [0.5, 0.6) is 0 Å². The van der Waals surface area contributed by atoms with Crippen LogP contribution in [-0.4, -0.2) is 37.2 Å². The molecular weight excluding hydrogens is 721 g/mol. The summed E-state index contributed by atoms with van der Waals surface area (Å²) in [5.41, 5.74) is 0. The van der Waals surface area contributed by atoms with Crippen molar-refractivity contribution in [3.05, 3.63) is 36.5 Å². The summed E-state index contributed by atoms with van der Waals surface area (Å²) < 4.78 is 16.7. The lowest BCUT2D eigenvalue weighted by Gasteiger charge is -2.18. The van der Waals surface area contributed by atoms with E-state index in [0.29, 0.717) is 19.3 Å². The van der Waals surface area contributed by atoms with Crippen molar-refractivity contribution < 1.29 is 28.6 Å². The molecule has 0 rings (SSSR count). The lowest BCUT2D eigenvalue weighted by Crippen LogP contribution is -2.30. The second-order valence-electron chi connectivity index (χ2n) is 16.8. The van der Waals surface area contributed by atoms with Gasteiger partial charge in [-0.15, -0.1) is 0 Å². The average molecular weight is 815 g/mol. The summed E-state index contributed by atoms with van der Waals surface area (Å²) >= 11 is 0. The molecule has 1 atom stereocenters. The van der Waals surface area contributed by atoms with Crippen molar-refractivity contribution in [3.8, 4) is 0 Å². The zero-order chi connectivity index (χ0) is 42.3. The van der Waals surface area contributed by atoms with Gasteiger partial charge in [-0.1, -0.05) is 237 Å². The third-order valence-corrected chi connectivity index (χ3v) is 11.0. The van der Waals surface area contributed by atoms with Gasteiger partial charge in [-0.25, -0.2) is 0 Å². The molecule has 0 heterocycles. The minimum Gasteiger partial charge on any atom is -0.462 e. The van der Waals surface area contributed by atoms with Crippen molar-refractivity contribution >= 4 is 17.9 Å². The molecule has 0 spiro atoms. The van der Waals surface area contributed by atoms with Crippen molar-refractivity contribution in [2.24, 2.45) is 0 Å². The van der Waals surface area contributed by atoms with Crippen LogP contribution in [-0.2, 0) is 28.6 Å². The van der Waals surface area contributed by atoms with Gasteiger partial charge in [0, 0.05) is 19.3 Å². The summed E-state index contributed by atoms with van der Waals surface area (Å²) in [6, 6.07) is 0. The lowest BCUT2D eigenvalue weighted by molar-refractivity contribution is -0.167. The van der Waals surface area contributed by atoms with Gasteiger partial charge in [-0.05, 0) is 38.5 Å². The van der Waals surface area contributed by atoms with Crippen molar-refractivity contribution in [2.75, 3.05) is 13.2 Å². The van der Waals surface area contributed by atoms with Crippen molar-refractivity contribution in [1.82, 2.24) is 0 Å². The largest absolute Gasteiger partial charge is 0.462 e. The maximum atomic E-state index is 12.8. The molecule has 0 amide bonds. The minimum absolute atomic E-state index is 0.0733. The van der Waals surface area contributed by atoms with Gasteiger partial charge in [0.15, 0.2) is 6.10 Å². The van der Waals surface area contributed by atoms with Crippen LogP contribution < -0.4 is 0 Å². The summed E-state index contributed by atoms with van der Waals surface area (Å²) in [6.07, 6.45) is 54.1. The van der Waals surface area contributed by atoms with E-state index in [4.69, 9.17) is 14.2 Å². The van der Waals surface area contributed by atoms with E-state index in [0.717, 1.165) is 70.6 Å². The molecule has 6 nitrogen and oxygen atoms in total. The molecule has 0 bridgehead atoms. The zero-order valence-electron chi connectivity index (χ0n) is 38.6. The number of unbranched alkanes of at least 4 members (excludes halogenated alkanes) is 30. The Hall–Kier alpha value is -2.37. The van der Waals surface area contributed by atoms with Crippen LogP contribution >= 0.6 is 0 Å². The third kappa shape index (κ3) is 44.7. The Kier molecular flexibility index (Phi) is 45.4. The normalized spacial score (nSPS) is 12.3. The first-order chi connectivity index (χ1) is 28.5. The number of hydrogen-bond donors (Lipinski definition) is 0. The van der Waals surface area contributed by atoms with E-state index >= 15 is 0 Å². The molecule has 0 radical (unpaired) electrons. The Morgan fingerprint density at radius 2 is 0.672 bits per heavy atom.